The van der Waals surface area contributed by atoms with Gasteiger partial charge in [0.1, 0.15) is 19.0 Å². The maximum Gasteiger partial charge on any atom is 0.358 e. The summed E-state index contributed by atoms with van der Waals surface area (Å²) < 4.78 is 15.6. The second-order valence-corrected chi connectivity index (χ2v) is 4.95. The molecule has 7 heteroatoms. The number of aromatic nitrogens is 2. The molecule has 1 N–H and O–H groups in total. The van der Waals surface area contributed by atoms with E-state index in [4.69, 9.17) is 9.47 Å². The zero-order valence-corrected chi connectivity index (χ0v) is 12.7. The highest BCUT2D eigenvalue weighted by molar-refractivity contribution is 5.86. The van der Waals surface area contributed by atoms with Gasteiger partial charge >= 0.3 is 5.97 Å². The molecule has 0 atom stereocenters. The SMILES string of the molecule is COC(=O)c1ccc(NCCc2ccc3c(c2)OCCO3)nn1. The van der Waals surface area contributed by atoms with Gasteiger partial charge in [0.2, 0.25) is 0 Å². The highest BCUT2D eigenvalue weighted by atomic mass is 16.6. The van der Waals surface area contributed by atoms with Crippen LogP contribution < -0.4 is 14.8 Å². The number of esters is 1. The molecule has 7 nitrogen and oxygen atoms in total. The number of benzene rings is 1. The number of carbonyl (C=O) groups is 1. The van der Waals surface area contributed by atoms with Crippen molar-refractivity contribution >= 4 is 11.8 Å². The third kappa shape index (κ3) is 3.68. The number of rotatable bonds is 5. The largest absolute Gasteiger partial charge is 0.486 e. The Morgan fingerprint density at radius 2 is 2.00 bits per heavy atom. The van der Waals surface area contributed by atoms with E-state index in [9.17, 15) is 4.79 Å². The first-order valence-corrected chi connectivity index (χ1v) is 7.31. The lowest BCUT2D eigenvalue weighted by Crippen LogP contribution is -2.15. The van der Waals surface area contributed by atoms with Crippen molar-refractivity contribution in [2.24, 2.45) is 0 Å². The second-order valence-electron chi connectivity index (χ2n) is 4.95. The minimum atomic E-state index is -0.500. The predicted molar refractivity (Wildman–Crippen MR) is 83.0 cm³/mol. The fourth-order valence-corrected chi connectivity index (χ4v) is 2.22. The summed E-state index contributed by atoms with van der Waals surface area (Å²) in [7, 11) is 1.31. The third-order valence-electron chi connectivity index (χ3n) is 3.39. The Kier molecular flexibility index (Phi) is 4.56. The fourth-order valence-electron chi connectivity index (χ4n) is 2.22. The lowest BCUT2D eigenvalue weighted by molar-refractivity contribution is 0.0593. The molecule has 2 aromatic rings. The summed E-state index contributed by atoms with van der Waals surface area (Å²) in [5, 5.41) is 10.9. The number of nitrogens with zero attached hydrogens (tertiary/aromatic N) is 2. The molecular formula is C16H17N3O4. The molecule has 0 aliphatic carbocycles. The first-order valence-electron chi connectivity index (χ1n) is 7.31. The van der Waals surface area contributed by atoms with E-state index >= 15 is 0 Å². The lowest BCUT2D eigenvalue weighted by atomic mass is 10.1. The number of nitrogens with one attached hydrogen (secondary N) is 1. The van der Waals surface area contributed by atoms with E-state index in [1.54, 1.807) is 12.1 Å². The highest BCUT2D eigenvalue weighted by Crippen LogP contribution is 2.30. The molecule has 120 valence electrons. The number of methoxy groups -OCH3 is 1. The fraction of sp³-hybridized carbons (Fsp3) is 0.312. The van der Waals surface area contributed by atoms with Crippen molar-refractivity contribution in [2.45, 2.75) is 6.42 Å². The number of ether oxygens (including phenoxy) is 3. The summed E-state index contributed by atoms with van der Waals surface area (Å²) in [6.07, 6.45) is 0.803. The predicted octanol–water partition coefficient (Wildman–Crippen LogP) is 1.69. The van der Waals surface area contributed by atoms with Crippen LogP contribution in [0.2, 0.25) is 0 Å². The quantitative estimate of drug-likeness (QED) is 0.841. The topological polar surface area (TPSA) is 82.6 Å². The average molecular weight is 315 g/mol. The van der Waals surface area contributed by atoms with E-state index in [2.05, 4.69) is 20.3 Å². The van der Waals surface area contributed by atoms with Gasteiger partial charge in [-0.1, -0.05) is 6.07 Å². The summed E-state index contributed by atoms with van der Waals surface area (Å²) in [5.74, 6) is 1.68. The van der Waals surface area contributed by atoms with Gasteiger partial charge in [-0.2, -0.15) is 0 Å². The summed E-state index contributed by atoms with van der Waals surface area (Å²) in [4.78, 5) is 11.3. The maximum absolute atomic E-state index is 11.3. The zero-order chi connectivity index (χ0) is 16.1. The molecule has 0 unspecified atom stereocenters. The number of anilines is 1. The molecule has 1 aromatic carbocycles. The zero-order valence-electron chi connectivity index (χ0n) is 12.7. The van der Waals surface area contributed by atoms with Crippen molar-refractivity contribution in [2.75, 3.05) is 32.2 Å². The van der Waals surface area contributed by atoms with Crippen molar-refractivity contribution in [1.82, 2.24) is 10.2 Å². The minimum Gasteiger partial charge on any atom is -0.486 e. The molecule has 0 saturated carbocycles. The van der Waals surface area contributed by atoms with Crippen LogP contribution >= 0.6 is 0 Å². The van der Waals surface area contributed by atoms with Gasteiger partial charge in [-0.05, 0) is 36.2 Å². The summed E-state index contributed by atoms with van der Waals surface area (Å²) in [6, 6.07) is 9.20. The third-order valence-corrected chi connectivity index (χ3v) is 3.39. The van der Waals surface area contributed by atoms with E-state index in [-0.39, 0.29) is 5.69 Å². The summed E-state index contributed by atoms with van der Waals surface area (Å²) in [5.41, 5.74) is 1.32. The van der Waals surface area contributed by atoms with Crippen molar-refractivity contribution in [3.63, 3.8) is 0 Å². The Balaban J connectivity index is 1.54. The molecule has 1 aromatic heterocycles. The Morgan fingerprint density at radius 3 is 2.74 bits per heavy atom. The number of fused-ring (bicyclic) bond motifs is 1. The van der Waals surface area contributed by atoms with Gasteiger partial charge in [0, 0.05) is 6.54 Å². The van der Waals surface area contributed by atoms with Crippen LogP contribution in [0.25, 0.3) is 0 Å². The summed E-state index contributed by atoms with van der Waals surface area (Å²) >= 11 is 0. The Morgan fingerprint density at radius 1 is 1.17 bits per heavy atom. The molecule has 0 spiro atoms. The van der Waals surface area contributed by atoms with E-state index < -0.39 is 5.97 Å². The van der Waals surface area contributed by atoms with Crippen LogP contribution in [0.1, 0.15) is 16.1 Å². The van der Waals surface area contributed by atoms with E-state index in [1.165, 1.54) is 7.11 Å². The molecule has 0 fully saturated rings. The van der Waals surface area contributed by atoms with Crippen molar-refractivity contribution in [1.29, 1.82) is 0 Å². The molecule has 1 aliphatic rings. The van der Waals surface area contributed by atoms with Crippen LogP contribution in [0.3, 0.4) is 0 Å². The first-order chi connectivity index (χ1) is 11.3. The van der Waals surface area contributed by atoms with Gasteiger partial charge < -0.3 is 19.5 Å². The smallest absolute Gasteiger partial charge is 0.358 e. The molecule has 3 rings (SSSR count). The molecule has 2 heterocycles. The Bertz CT molecular complexity index is 688. The number of hydrogen-bond acceptors (Lipinski definition) is 7. The molecule has 0 radical (unpaired) electrons. The highest BCUT2D eigenvalue weighted by Gasteiger charge is 2.11. The van der Waals surface area contributed by atoms with Crippen molar-refractivity contribution in [3.05, 3.63) is 41.6 Å². The van der Waals surface area contributed by atoms with Crippen LogP contribution in [-0.2, 0) is 11.2 Å². The van der Waals surface area contributed by atoms with Crippen LogP contribution in [0.5, 0.6) is 11.5 Å². The van der Waals surface area contributed by atoms with Gasteiger partial charge in [0.15, 0.2) is 17.2 Å². The van der Waals surface area contributed by atoms with Gasteiger partial charge in [0.25, 0.3) is 0 Å². The average Bonchev–Trinajstić information content (AvgIpc) is 2.61. The molecule has 1 aliphatic heterocycles. The maximum atomic E-state index is 11.3. The van der Waals surface area contributed by atoms with Gasteiger partial charge in [-0.15, -0.1) is 10.2 Å². The van der Waals surface area contributed by atoms with Crippen LogP contribution in [0.15, 0.2) is 30.3 Å². The second kappa shape index (κ2) is 6.95. The minimum absolute atomic E-state index is 0.185. The first kappa shape index (κ1) is 15.1. The molecule has 0 amide bonds. The van der Waals surface area contributed by atoms with Gasteiger partial charge in [-0.25, -0.2) is 4.79 Å². The molecule has 23 heavy (non-hydrogen) atoms. The van der Waals surface area contributed by atoms with Crippen LogP contribution in [0.4, 0.5) is 5.82 Å². The lowest BCUT2D eigenvalue weighted by Gasteiger charge is -2.18. The van der Waals surface area contributed by atoms with Gasteiger partial charge in [-0.3, -0.25) is 0 Å². The van der Waals surface area contributed by atoms with Crippen LogP contribution in [0, 0.1) is 0 Å². The molecule has 0 saturated heterocycles. The van der Waals surface area contributed by atoms with E-state index in [0.29, 0.717) is 25.6 Å². The Labute approximate surface area is 133 Å². The van der Waals surface area contributed by atoms with Crippen LogP contribution in [-0.4, -0.2) is 43.0 Å². The number of hydrogen-bond donors (Lipinski definition) is 1. The van der Waals surface area contributed by atoms with Crippen molar-refractivity contribution in [3.8, 4) is 11.5 Å². The molecule has 0 bridgehead atoms. The van der Waals surface area contributed by atoms with Gasteiger partial charge in [0.05, 0.1) is 7.11 Å². The monoisotopic (exact) mass is 315 g/mol. The Hall–Kier alpha value is -2.83. The normalized spacial score (nSPS) is 12.6. The molecular weight excluding hydrogens is 298 g/mol. The standard InChI is InChI=1S/C16H17N3O4/c1-21-16(20)12-3-5-15(19-18-12)17-7-6-11-2-4-13-14(10-11)23-9-8-22-13/h2-5,10H,6-9H2,1H3,(H,17,19). The summed E-state index contributed by atoms with van der Waals surface area (Å²) in [6.45, 7) is 1.86. The van der Waals surface area contributed by atoms with E-state index in [1.807, 2.05) is 18.2 Å². The van der Waals surface area contributed by atoms with Crippen molar-refractivity contribution < 1.29 is 19.0 Å². The number of carbonyl (C=O) groups excluding carboxylic acids is 1. The van der Waals surface area contributed by atoms with E-state index in [0.717, 1.165) is 23.5 Å².